The Hall–Kier alpha value is -3.87. The quantitative estimate of drug-likeness (QED) is 0.597. The van der Waals surface area contributed by atoms with Crippen LogP contribution in [-0.4, -0.2) is 24.4 Å². The van der Waals surface area contributed by atoms with Crippen molar-refractivity contribution in [3.8, 4) is 0 Å². The number of hydrogen-bond donors (Lipinski definition) is 2. The number of amides is 2. The Morgan fingerprint density at radius 2 is 1.67 bits per heavy atom. The van der Waals surface area contributed by atoms with Crippen molar-refractivity contribution in [1.29, 1.82) is 0 Å². The topological polar surface area (TPSA) is 97.6 Å². The maximum atomic E-state index is 12.7. The highest BCUT2D eigenvalue weighted by Gasteiger charge is 2.18. The molecule has 3 rings (SSSR count). The predicted octanol–water partition coefficient (Wildman–Crippen LogP) is 4.25. The number of carbonyl (C=O) groups is 3. The molecule has 7 nitrogen and oxygen atoms in total. The van der Waals surface area contributed by atoms with Crippen molar-refractivity contribution >= 4 is 29.2 Å². The standard InChI is InChI=1S/C23H22N2O5/c1-14-7-6-8-17(11-14)24-22(27)18-9-4-5-10-20(18)25-21(26)13-29-23(28)19-12-15(2)30-16(19)3/h4-12H,13H2,1-3H3,(H,24,27)(H,25,26). The number of rotatable bonds is 6. The van der Waals surface area contributed by atoms with Gasteiger partial charge in [-0.3, -0.25) is 9.59 Å². The Morgan fingerprint density at radius 3 is 2.37 bits per heavy atom. The number of furan rings is 1. The summed E-state index contributed by atoms with van der Waals surface area (Å²) in [6.07, 6.45) is 0. The van der Waals surface area contributed by atoms with Crippen LogP contribution in [0.3, 0.4) is 0 Å². The van der Waals surface area contributed by atoms with Crippen LogP contribution in [0.2, 0.25) is 0 Å². The molecule has 0 aliphatic heterocycles. The van der Waals surface area contributed by atoms with Gasteiger partial charge in [-0.1, -0.05) is 24.3 Å². The lowest BCUT2D eigenvalue weighted by atomic mass is 10.1. The monoisotopic (exact) mass is 406 g/mol. The van der Waals surface area contributed by atoms with Crippen LogP contribution in [0.4, 0.5) is 11.4 Å². The zero-order valence-corrected chi connectivity index (χ0v) is 16.9. The van der Waals surface area contributed by atoms with Gasteiger partial charge in [0.25, 0.3) is 11.8 Å². The second kappa shape index (κ2) is 9.09. The van der Waals surface area contributed by atoms with Crippen molar-refractivity contribution < 1.29 is 23.5 Å². The van der Waals surface area contributed by atoms with Crippen LogP contribution in [-0.2, 0) is 9.53 Å². The summed E-state index contributed by atoms with van der Waals surface area (Å²) in [6, 6.07) is 15.6. The zero-order valence-electron chi connectivity index (χ0n) is 16.9. The van der Waals surface area contributed by atoms with E-state index in [-0.39, 0.29) is 11.5 Å². The molecular weight excluding hydrogens is 384 g/mol. The van der Waals surface area contributed by atoms with Gasteiger partial charge in [0.1, 0.15) is 17.1 Å². The van der Waals surface area contributed by atoms with Crippen molar-refractivity contribution in [2.24, 2.45) is 0 Å². The minimum atomic E-state index is -0.648. The van der Waals surface area contributed by atoms with Crippen LogP contribution in [0.5, 0.6) is 0 Å². The first-order valence-corrected chi connectivity index (χ1v) is 9.34. The molecule has 0 spiro atoms. The maximum absolute atomic E-state index is 12.7. The third-order valence-electron chi connectivity index (χ3n) is 4.32. The Bertz CT molecular complexity index is 1100. The van der Waals surface area contributed by atoms with Crippen LogP contribution < -0.4 is 10.6 Å². The Kier molecular flexibility index (Phi) is 6.32. The van der Waals surface area contributed by atoms with E-state index in [1.54, 1.807) is 50.2 Å². The fourth-order valence-electron chi connectivity index (χ4n) is 2.94. The number of benzene rings is 2. The molecule has 0 aliphatic carbocycles. The van der Waals surface area contributed by atoms with E-state index < -0.39 is 18.5 Å². The van der Waals surface area contributed by atoms with Crippen molar-refractivity contribution in [2.45, 2.75) is 20.8 Å². The van der Waals surface area contributed by atoms with Crippen molar-refractivity contribution in [3.05, 3.63) is 82.8 Å². The molecule has 0 fully saturated rings. The molecule has 2 aromatic carbocycles. The average Bonchev–Trinajstić information content (AvgIpc) is 3.04. The van der Waals surface area contributed by atoms with Gasteiger partial charge in [0.05, 0.1) is 11.3 Å². The first-order chi connectivity index (χ1) is 14.3. The van der Waals surface area contributed by atoms with Crippen LogP contribution in [0.1, 0.15) is 37.8 Å². The normalized spacial score (nSPS) is 10.4. The highest BCUT2D eigenvalue weighted by molar-refractivity contribution is 6.10. The molecular formula is C23H22N2O5. The molecule has 0 saturated heterocycles. The van der Waals surface area contributed by atoms with E-state index >= 15 is 0 Å². The summed E-state index contributed by atoms with van der Waals surface area (Å²) in [5.74, 6) is -0.562. The van der Waals surface area contributed by atoms with Crippen molar-refractivity contribution in [1.82, 2.24) is 0 Å². The highest BCUT2D eigenvalue weighted by atomic mass is 16.5. The SMILES string of the molecule is Cc1cccc(NC(=O)c2ccccc2NC(=O)COC(=O)c2cc(C)oc2C)c1. The van der Waals surface area contributed by atoms with Gasteiger partial charge in [-0.15, -0.1) is 0 Å². The second-order valence-corrected chi connectivity index (χ2v) is 6.82. The molecule has 1 aromatic heterocycles. The van der Waals surface area contributed by atoms with E-state index in [4.69, 9.17) is 9.15 Å². The molecule has 0 unspecified atom stereocenters. The van der Waals surface area contributed by atoms with Crippen molar-refractivity contribution in [3.63, 3.8) is 0 Å². The Balaban J connectivity index is 1.64. The lowest BCUT2D eigenvalue weighted by Gasteiger charge is -2.12. The summed E-state index contributed by atoms with van der Waals surface area (Å²) in [7, 11) is 0. The molecule has 7 heteroatoms. The molecule has 2 N–H and O–H groups in total. The van der Waals surface area contributed by atoms with Crippen LogP contribution in [0, 0.1) is 20.8 Å². The number of hydrogen-bond acceptors (Lipinski definition) is 5. The Morgan fingerprint density at radius 1 is 0.900 bits per heavy atom. The van der Waals surface area contributed by atoms with Gasteiger partial charge in [0.15, 0.2) is 6.61 Å². The van der Waals surface area contributed by atoms with Gasteiger partial charge in [-0.05, 0) is 56.7 Å². The fourth-order valence-corrected chi connectivity index (χ4v) is 2.94. The third kappa shape index (κ3) is 5.14. The van der Waals surface area contributed by atoms with Gasteiger partial charge in [-0.2, -0.15) is 0 Å². The minimum absolute atomic E-state index is 0.276. The van der Waals surface area contributed by atoms with Crippen LogP contribution >= 0.6 is 0 Å². The highest BCUT2D eigenvalue weighted by Crippen LogP contribution is 2.19. The summed E-state index contributed by atoms with van der Waals surface area (Å²) >= 11 is 0. The smallest absolute Gasteiger partial charge is 0.342 e. The van der Waals surface area contributed by atoms with Crippen LogP contribution in [0.25, 0.3) is 0 Å². The average molecular weight is 406 g/mol. The lowest BCUT2D eigenvalue weighted by Crippen LogP contribution is -2.23. The molecule has 1 heterocycles. The van der Waals surface area contributed by atoms with Gasteiger partial charge in [0.2, 0.25) is 0 Å². The second-order valence-electron chi connectivity index (χ2n) is 6.82. The van der Waals surface area contributed by atoms with E-state index in [2.05, 4.69) is 10.6 Å². The van der Waals surface area contributed by atoms with Gasteiger partial charge in [0, 0.05) is 5.69 Å². The minimum Gasteiger partial charge on any atom is -0.466 e. The summed E-state index contributed by atoms with van der Waals surface area (Å²) < 4.78 is 10.3. The Labute approximate surface area is 174 Å². The van der Waals surface area contributed by atoms with E-state index in [1.165, 1.54) is 0 Å². The summed E-state index contributed by atoms with van der Waals surface area (Å²) in [6.45, 7) is 4.80. The molecule has 2 amide bonds. The molecule has 154 valence electrons. The zero-order chi connectivity index (χ0) is 21.7. The molecule has 0 saturated carbocycles. The number of ether oxygens (including phenoxy) is 1. The summed E-state index contributed by atoms with van der Waals surface area (Å²) in [5.41, 5.74) is 2.55. The van der Waals surface area contributed by atoms with Crippen LogP contribution in [0.15, 0.2) is 59.0 Å². The maximum Gasteiger partial charge on any atom is 0.342 e. The van der Waals surface area contributed by atoms with Gasteiger partial charge in [-0.25, -0.2) is 4.79 Å². The largest absolute Gasteiger partial charge is 0.466 e. The van der Waals surface area contributed by atoms with E-state index in [0.717, 1.165) is 5.56 Å². The van der Waals surface area contributed by atoms with Gasteiger partial charge < -0.3 is 19.8 Å². The summed E-state index contributed by atoms with van der Waals surface area (Å²) in [4.78, 5) is 37.0. The van der Waals surface area contributed by atoms with Gasteiger partial charge >= 0.3 is 5.97 Å². The van der Waals surface area contributed by atoms with E-state index in [1.807, 2.05) is 25.1 Å². The first kappa shape index (κ1) is 20.9. The molecule has 30 heavy (non-hydrogen) atoms. The fraction of sp³-hybridized carbons (Fsp3) is 0.174. The lowest BCUT2D eigenvalue weighted by molar-refractivity contribution is -0.119. The number of para-hydroxylation sites is 1. The number of anilines is 2. The van der Waals surface area contributed by atoms with E-state index in [9.17, 15) is 14.4 Å². The number of carbonyl (C=O) groups excluding carboxylic acids is 3. The van der Waals surface area contributed by atoms with E-state index in [0.29, 0.717) is 28.5 Å². The predicted molar refractivity (Wildman–Crippen MR) is 113 cm³/mol. The van der Waals surface area contributed by atoms with Crippen molar-refractivity contribution in [2.75, 3.05) is 17.2 Å². The molecule has 0 aliphatic rings. The number of aryl methyl sites for hydroxylation is 3. The first-order valence-electron chi connectivity index (χ1n) is 9.34. The summed E-state index contributed by atoms with van der Waals surface area (Å²) in [5, 5.41) is 5.42. The number of nitrogens with one attached hydrogen (secondary N) is 2. The number of esters is 1. The third-order valence-corrected chi connectivity index (χ3v) is 4.32. The molecule has 3 aromatic rings. The molecule has 0 atom stereocenters. The molecule has 0 radical (unpaired) electrons. The molecule has 0 bridgehead atoms.